The molecule has 1 atom stereocenters. The molecule has 1 aliphatic rings. The van der Waals surface area contributed by atoms with Crippen molar-refractivity contribution in [2.45, 2.75) is 32.6 Å². The van der Waals surface area contributed by atoms with E-state index >= 15 is 0 Å². The molecule has 0 saturated heterocycles. The smallest absolute Gasteiger partial charge is 0.152 e. The Hall–Kier alpha value is -1.44. The Morgan fingerprint density at radius 1 is 1.53 bits per heavy atom. The molecule has 1 aromatic heterocycles. The van der Waals surface area contributed by atoms with Crippen LogP contribution < -0.4 is 0 Å². The largest absolute Gasteiger partial charge is 0.295 e. The lowest BCUT2D eigenvalue weighted by molar-refractivity contribution is -0.112. The summed E-state index contributed by atoms with van der Waals surface area (Å²) in [6.07, 6.45) is 9.60. The van der Waals surface area contributed by atoms with Crippen molar-refractivity contribution < 1.29 is 4.79 Å². The Bertz CT molecular complexity index is 421. The lowest BCUT2D eigenvalue weighted by atomic mass is 10.0. The van der Waals surface area contributed by atoms with Gasteiger partial charge in [0.15, 0.2) is 5.78 Å². The Balaban J connectivity index is 2.38. The van der Waals surface area contributed by atoms with Crippen molar-refractivity contribution in [3.05, 3.63) is 35.2 Å². The van der Waals surface area contributed by atoms with E-state index in [-0.39, 0.29) is 5.78 Å². The average Bonchev–Trinajstić information content (AvgIpc) is 2.58. The SMILES string of the molecule is CC(=O)C=Cc1cncc2c1CC[C@H]2C. The number of rotatable bonds is 2. The lowest BCUT2D eigenvalue weighted by Crippen LogP contribution is -1.92. The number of ketones is 1. The summed E-state index contributed by atoms with van der Waals surface area (Å²) < 4.78 is 0. The van der Waals surface area contributed by atoms with Crippen LogP contribution in [0.25, 0.3) is 6.08 Å². The van der Waals surface area contributed by atoms with Gasteiger partial charge in [-0.05, 0) is 54.5 Å². The van der Waals surface area contributed by atoms with E-state index in [1.54, 1.807) is 13.0 Å². The molecule has 0 fully saturated rings. The molecule has 0 N–H and O–H groups in total. The molecule has 0 amide bonds. The highest BCUT2D eigenvalue weighted by atomic mass is 16.1. The van der Waals surface area contributed by atoms with Gasteiger partial charge in [0.05, 0.1) is 0 Å². The fraction of sp³-hybridized carbons (Fsp3) is 0.385. The summed E-state index contributed by atoms with van der Waals surface area (Å²) in [5.74, 6) is 0.692. The van der Waals surface area contributed by atoms with Crippen molar-refractivity contribution >= 4 is 11.9 Å². The minimum atomic E-state index is 0.0821. The van der Waals surface area contributed by atoms with E-state index in [0.717, 1.165) is 12.0 Å². The number of carbonyl (C=O) groups excluding carboxylic acids is 1. The summed E-state index contributed by atoms with van der Waals surface area (Å²) in [6.45, 7) is 3.79. The van der Waals surface area contributed by atoms with Crippen LogP contribution in [-0.2, 0) is 11.2 Å². The van der Waals surface area contributed by atoms with Crippen molar-refractivity contribution in [3.8, 4) is 0 Å². The monoisotopic (exact) mass is 201 g/mol. The fourth-order valence-corrected chi connectivity index (χ4v) is 2.10. The van der Waals surface area contributed by atoms with Crippen LogP contribution in [0.15, 0.2) is 18.5 Å². The number of hydrogen-bond acceptors (Lipinski definition) is 2. The first-order valence-electron chi connectivity index (χ1n) is 5.34. The quantitative estimate of drug-likeness (QED) is 0.689. The van der Waals surface area contributed by atoms with Crippen LogP contribution in [-0.4, -0.2) is 10.8 Å². The zero-order valence-corrected chi connectivity index (χ0v) is 9.16. The predicted octanol–water partition coefficient (Wildman–Crippen LogP) is 2.73. The first-order chi connectivity index (χ1) is 7.18. The Labute approximate surface area is 90.0 Å². The fourth-order valence-electron chi connectivity index (χ4n) is 2.10. The molecule has 0 bridgehead atoms. The van der Waals surface area contributed by atoms with E-state index in [1.807, 2.05) is 18.5 Å². The molecule has 1 aromatic rings. The highest BCUT2D eigenvalue weighted by Gasteiger charge is 2.20. The van der Waals surface area contributed by atoms with Crippen LogP contribution >= 0.6 is 0 Å². The highest BCUT2D eigenvalue weighted by molar-refractivity contribution is 5.91. The van der Waals surface area contributed by atoms with Crippen LogP contribution in [0.2, 0.25) is 0 Å². The van der Waals surface area contributed by atoms with Crippen molar-refractivity contribution in [2.24, 2.45) is 0 Å². The molecule has 0 aromatic carbocycles. The number of nitrogens with zero attached hydrogens (tertiary/aromatic N) is 1. The predicted molar refractivity (Wildman–Crippen MR) is 60.7 cm³/mol. The van der Waals surface area contributed by atoms with E-state index < -0.39 is 0 Å². The summed E-state index contributed by atoms with van der Waals surface area (Å²) in [4.78, 5) is 15.1. The van der Waals surface area contributed by atoms with Gasteiger partial charge in [0.2, 0.25) is 0 Å². The molecule has 2 heteroatoms. The second kappa shape index (κ2) is 3.97. The maximum Gasteiger partial charge on any atom is 0.152 e. The summed E-state index contributed by atoms with van der Waals surface area (Å²) >= 11 is 0. The number of fused-ring (bicyclic) bond motifs is 1. The third-order valence-corrected chi connectivity index (χ3v) is 2.98. The highest BCUT2D eigenvalue weighted by Crippen LogP contribution is 2.34. The molecular weight excluding hydrogens is 186 g/mol. The second-order valence-electron chi connectivity index (χ2n) is 4.18. The third-order valence-electron chi connectivity index (χ3n) is 2.98. The molecular formula is C13H15NO. The first kappa shape index (κ1) is 10.1. The van der Waals surface area contributed by atoms with Crippen LogP contribution in [0, 0.1) is 0 Å². The summed E-state index contributed by atoms with van der Waals surface area (Å²) in [5.41, 5.74) is 3.82. The maximum atomic E-state index is 10.9. The van der Waals surface area contributed by atoms with Gasteiger partial charge in [0.1, 0.15) is 0 Å². The normalized spacial score (nSPS) is 19.5. The minimum absolute atomic E-state index is 0.0821. The molecule has 78 valence electrons. The molecule has 1 heterocycles. The van der Waals surface area contributed by atoms with Crippen LogP contribution in [0.5, 0.6) is 0 Å². The van der Waals surface area contributed by atoms with Gasteiger partial charge in [-0.2, -0.15) is 0 Å². The average molecular weight is 201 g/mol. The van der Waals surface area contributed by atoms with Crippen LogP contribution in [0.1, 0.15) is 42.9 Å². The van der Waals surface area contributed by atoms with Crippen molar-refractivity contribution in [1.29, 1.82) is 0 Å². The molecule has 1 aliphatic carbocycles. The first-order valence-corrected chi connectivity index (χ1v) is 5.34. The van der Waals surface area contributed by atoms with Crippen molar-refractivity contribution in [2.75, 3.05) is 0 Å². The third kappa shape index (κ3) is 1.99. The molecule has 2 nitrogen and oxygen atoms in total. The lowest BCUT2D eigenvalue weighted by Gasteiger charge is -2.05. The Morgan fingerprint density at radius 3 is 3.07 bits per heavy atom. The van der Waals surface area contributed by atoms with Gasteiger partial charge in [-0.1, -0.05) is 6.92 Å². The number of hydrogen-bond donors (Lipinski definition) is 0. The van der Waals surface area contributed by atoms with Gasteiger partial charge >= 0.3 is 0 Å². The molecule has 0 unspecified atom stereocenters. The number of carbonyl (C=O) groups is 1. The minimum Gasteiger partial charge on any atom is -0.295 e. The van der Waals surface area contributed by atoms with Gasteiger partial charge < -0.3 is 0 Å². The molecule has 0 radical (unpaired) electrons. The van der Waals surface area contributed by atoms with E-state index in [1.165, 1.54) is 17.5 Å². The topological polar surface area (TPSA) is 30.0 Å². The second-order valence-corrected chi connectivity index (χ2v) is 4.18. The van der Waals surface area contributed by atoms with Gasteiger partial charge in [-0.15, -0.1) is 0 Å². The summed E-state index contributed by atoms with van der Waals surface area (Å²) in [5, 5.41) is 0. The van der Waals surface area contributed by atoms with Gasteiger partial charge in [-0.25, -0.2) is 0 Å². The van der Waals surface area contributed by atoms with E-state index in [2.05, 4.69) is 11.9 Å². The Morgan fingerprint density at radius 2 is 2.33 bits per heavy atom. The zero-order valence-electron chi connectivity index (χ0n) is 9.16. The summed E-state index contributed by atoms with van der Waals surface area (Å²) in [7, 11) is 0. The molecule has 0 saturated carbocycles. The van der Waals surface area contributed by atoms with Crippen molar-refractivity contribution in [3.63, 3.8) is 0 Å². The molecule has 15 heavy (non-hydrogen) atoms. The van der Waals surface area contributed by atoms with E-state index in [9.17, 15) is 4.79 Å². The number of aromatic nitrogens is 1. The standard InChI is InChI=1S/C13H15NO/c1-9-3-6-12-11(5-4-10(2)15)7-14-8-13(9)12/h4-5,7-9H,3,6H2,1-2H3/t9-/m1/s1. The molecule has 2 rings (SSSR count). The number of allylic oxidation sites excluding steroid dienone is 1. The number of pyridine rings is 1. The van der Waals surface area contributed by atoms with Crippen molar-refractivity contribution in [1.82, 2.24) is 4.98 Å². The zero-order chi connectivity index (χ0) is 10.8. The van der Waals surface area contributed by atoms with Gasteiger partial charge in [0, 0.05) is 12.4 Å². The molecule has 0 spiro atoms. The van der Waals surface area contributed by atoms with E-state index in [0.29, 0.717) is 5.92 Å². The van der Waals surface area contributed by atoms with Gasteiger partial charge in [0.25, 0.3) is 0 Å². The van der Waals surface area contributed by atoms with Crippen LogP contribution in [0.3, 0.4) is 0 Å². The van der Waals surface area contributed by atoms with Crippen LogP contribution in [0.4, 0.5) is 0 Å². The Kier molecular flexibility index (Phi) is 2.67. The molecule has 0 aliphatic heterocycles. The summed E-state index contributed by atoms with van der Waals surface area (Å²) in [6, 6.07) is 0. The maximum absolute atomic E-state index is 10.9. The van der Waals surface area contributed by atoms with Gasteiger partial charge in [-0.3, -0.25) is 9.78 Å². The van der Waals surface area contributed by atoms with E-state index in [4.69, 9.17) is 0 Å².